The van der Waals surface area contributed by atoms with Crippen molar-refractivity contribution < 1.29 is 19.4 Å². The molecule has 110 valence electrons. The molecule has 1 fully saturated rings. The van der Waals surface area contributed by atoms with Crippen LogP contribution >= 0.6 is 0 Å². The fraction of sp³-hybridized carbons (Fsp3) is 0.857. The second-order valence-electron chi connectivity index (χ2n) is 5.14. The molecule has 1 saturated heterocycles. The Morgan fingerprint density at radius 3 is 2.79 bits per heavy atom. The van der Waals surface area contributed by atoms with Crippen molar-refractivity contribution in [1.82, 2.24) is 5.32 Å². The summed E-state index contributed by atoms with van der Waals surface area (Å²) in [6.07, 6.45) is 6.27. The van der Waals surface area contributed by atoms with E-state index in [0.717, 1.165) is 12.8 Å². The largest absolute Gasteiger partial charge is 0.464 e. The van der Waals surface area contributed by atoms with Gasteiger partial charge in [0.1, 0.15) is 6.04 Å². The fourth-order valence-electron chi connectivity index (χ4n) is 2.18. The van der Waals surface area contributed by atoms with Crippen LogP contribution in [0.25, 0.3) is 0 Å². The Balaban J connectivity index is 2.08. The maximum atomic E-state index is 11.6. The van der Waals surface area contributed by atoms with Gasteiger partial charge in [-0.05, 0) is 6.42 Å². The number of cyclic esters (lactones) is 1. The Hall–Kier alpha value is -1.10. The molecular formula is C14H25NO4. The molecule has 0 bridgehead atoms. The van der Waals surface area contributed by atoms with Gasteiger partial charge in [0.2, 0.25) is 5.91 Å². The number of amides is 1. The first-order chi connectivity index (χ1) is 9.13. The van der Waals surface area contributed by atoms with Crippen LogP contribution < -0.4 is 5.32 Å². The van der Waals surface area contributed by atoms with Crippen molar-refractivity contribution >= 4 is 11.9 Å². The molecule has 0 aliphatic carbocycles. The van der Waals surface area contributed by atoms with Gasteiger partial charge < -0.3 is 15.2 Å². The van der Waals surface area contributed by atoms with E-state index in [9.17, 15) is 14.7 Å². The summed E-state index contributed by atoms with van der Waals surface area (Å²) in [5.41, 5.74) is 0. The number of hydrogen-bond donors (Lipinski definition) is 2. The molecule has 0 aromatic heterocycles. The van der Waals surface area contributed by atoms with E-state index in [4.69, 9.17) is 4.74 Å². The number of ether oxygens (including phenoxy) is 1. The molecule has 1 heterocycles. The van der Waals surface area contributed by atoms with Crippen molar-refractivity contribution in [1.29, 1.82) is 0 Å². The van der Waals surface area contributed by atoms with E-state index < -0.39 is 12.1 Å². The number of carbonyl (C=O) groups excluding carboxylic acids is 2. The minimum atomic E-state index is -0.612. The molecule has 0 radical (unpaired) electrons. The summed E-state index contributed by atoms with van der Waals surface area (Å²) in [7, 11) is 0. The molecule has 1 aliphatic rings. The maximum absolute atomic E-state index is 11.6. The van der Waals surface area contributed by atoms with Crippen LogP contribution in [0.15, 0.2) is 0 Å². The topological polar surface area (TPSA) is 75.6 Å². The fourth-order valence-corrected chi connectivity index (χ4v) is 2.18. The lowest BCUT2D eigenvalue weighted by Gasteiger charge is -2.12. The van der Waals surface area contributed by atoms with Crippen molar-refractivity contribution in [2.75, 3.05) is 6.61 Å². The van der Waals surface area contributed by atoms with Gasteiger partial charge in [0.05, 0.1) is 19.1 Å². The molecule has 0 aromatic carbocycles. The van der Waals surface area contributed by atoms with Crippen LogP contribution in [0.3, 0.4) is 0 Å². The van der Waals surface area contributed by atoms with Crippen LogP contribution in [0.2, 0.25) is 0 Å². The zero-order valence-electron chi connectivity index (χ0n) is 11.7. The summed E-state index contributed by atoms with van der Waals surface area (Å²) in [6, 6.07) is -0.524. The minimum absolute atomic E-state index is 0.0670. The summed E-state index contributed by atoms with van der Waals surface area (Å²) in [4.78, 5) is 22.8. The highest BCUT2D eigenvalue weighted by Crippen LogP contribution is 2.10. The van der Waals surface area contributed by atoms with E-state index in [1.165, 1.54) is 19.3 Å². The second kappa shape index (κ2) is 8.91. The molecule has 0 spiro atoms. The van der Waals surface area contributed by atoms with Crippen molar-refractivity contribution in [2.45, 2.75) is 70.4 Å². The quantitative estimate of drug-likeness (QED) is 0.492. The number of aliphatic hydroxyl groups excluding tert-OH is 1. The Morgan fingerprint density at radius 2 is 2.16 bits per heavy atom. The Labute approximate surface area is 114 Å². The van der Waals surface area contributed by atoms with Gasteiger partial charge in [0.15, 0.2) is 0 Å². The van der Waals surface area contributed by atoms with Crippen LogP contribution in [-0.2, 0) is 14.3 Å². The van der Waals surface area contributed by atoms with E-state index in [1.54, 1.807) is 0 Å². The first kappa shape index (κ1) is 16.0. The first-order valence-corrected chi connectivity index (χ1v) is 7.27. The Morgan fingerprint density at radius 1 is 1.42 bits per heavy atom. The molecule has 5 heteroatoms. The third kappa shape index (κ3) is 6.57. The average Bonchev–Trinajstić information content (AvgIpc) is 2.74. The normalized spacial score (nSPS) is 20.1. The second-order valence-corrected chi connectivity index (χ2v) is 5.14. The molecule has 2 N–H and O–H groups in total. The van der Waals surface area contributed by atoms with Crippen LogP contribution in [0, 0.1) is 0 Å². The molecule has 2 atom stereocenters. The zero-order valence-corrected chi connectivity index (χ0v) is 11.7. The number of nitrogens with one attached hydrogen (secondary N) is 1. The molecular weight excluding hydrogens is 246 g/mol. The van der Waals surface area contributed by atoms with Gasteiger partial charge in [0, 0.05) is 6.42 Å². The molecule has 1 aliphatic heterocycles. The van der Waals surface area contributed by atoms with Crippen LogP contribution in [-0.4, -0.2) is 35.7 Å². The molecule has 0 aromatic rings. The van der Waals surface area contributed by atoms with Gasteiger partial charge in [-0.25, -0.2) is 4.79 Å². The van der Waals surface area contributed by atoms with E-state index in [1.807, 2.05) is 0 Å². The molecule has 1 rings (SSSR count). The minimum Gasteiger partial charge on any atom is -0.464 e. The van der Waals surface area contributed by atoms with Crippen molar-refractivity contribution in [3.8, 4) is 0 Å². The van der Waals surface area contributed by atoms with E-state index in [-0.39, 0.29) is 18.3 Å². The molecule has 0 unspecified atom stereocenters. The van der Waals surface area contributed by atoms with Gasteiger partial charge in [-0.15, -0.1) is 0 Å². The van der Waals surface area contributed by atoms with Crippen LogP contribution in [0.5, 0.6) is 0 Å². The van der Waals surface area contributed by atoms with Crippen LogP contribution in [0.1, 0.15) is 58.3 Å². The molecule has 0 saturated carbocycles. The predicted molar refractivity (Wildman–Crippen MR) is 71.5 cm³/mol. The van der Waals surface area contributed by atoms with Gasteiger partial charge in [-0.1, -0.05) is 39.0 Å². The van der Waals surface area contributed by atoms with Crippen LogP contribution in [0.4, 0.5) is 0 Å². The van der Waals surface area contributed by atoms with E-state index >= 15 is 0 Å². The SMILES string of the molecule is CCCCCCC[C@@H](O)CC(=O)N[C@@H]1CCOC1=O. The lowest BCUT2D eigenvalue weighted by Crippen LogP contribution is -2.39. The van der Waals surface area contributed by atoms with Gasteiger partial charge in [-0.3, -0.25) is 4.79 Å². The monoisotopic (exact) mass is 271 g/mol. The van der Waals surface area contributed by atoms with Gasteiger partial charge >= 0.3 is 5.97 Å². The summed E-state index contributed by atoms with van der Waals surface area (Å²) >= 11 is 0. The third-order valence-corrected chi connectivity index (χ3v) is 3.33. The highest BCUT2D eigenvalue weighted by atomic mass is 16.5. The smallest absolute Gasteiger partial charge is 0.328 e. The summed E-state index contributed by atoms with van der Waals surface area (Å²) in [5.74, 6) is -0.646. The van der Waals surface area contributed by atoms with Crippen molar-refractivity contribution in [3.05, 3.63) is 0 Å². The van der Waals surface area contributed by atoms with Gasteiger partial charge in [0.25, 0.3) is 0 Å². The number of hydrogen-bond acceptors (Lipinski definition) is 4. The molecule has 1 amide bonds. The molecule has 5 nitrogen and oxygen atoms in total. The Bertz CT molecular complexity index is 293. The zero-order chi connectivity index (χ0) is 14.1. The van der Waals surface area contributed by atoms with E-state index in [0.29, 0.717) is 19.4 Å². The first-order valence-electron chi connectivity index (χ1n) is 7.27. The standard InChI is InChI=1S/C14H25NO4/c1-2-3-4-5-6-7-11(16)10-13(17)15-12-8-9-19-14(12)18/h11-12,16H,2-10H2,1H3,(H,15,17)/t11-,12-/m1/s1. The van der Waals surface area contributed by atoms with Crippen molar-refractivity contribution in [3.63, 3.8) is 0 Å². The lowest BCUT2D eigenvalue weighted by molar-refractivity contribution is -0.141. The maximum Gasteiger partial charge on any atom is 0.328 e. The summed E-state index contributed by atoms with van der Waals surface area (Å²) in [5, 5.41) is 12.3. The Kier molecular flexibility index (Phi) is 7.48. The highest BCUT2D eigenvalue weighted by Gasteiger charge is 2.28. The lowest BCUT2D eigenvalue weighted by atomic mass is 10.1. The number of aliphatic hydroxyl groups is 1. The number of rotatable bonds is 9. The van der Waals surface area contributed by atoms with Crippen molar-refractivity contribution in [2.24, 2.45) is 0 Å². The number of unbranched alkanes of at least 4 members (excludes halogenated alkanes) is 4. The average molecular weight is 271 g/mol. The van der Waals surface area contributed by atoms with Gasteiger partial charge in [-0.2, -0.15) is 0 Å². The highest BCUT2D eigenvalue weighted by molar-refractivity contribution is 5.85. The van der Waals surface area contributed by atoms with E-state index in [2.05, 4.69) is 12.2 Å². The number of carbonyl (C=O) groups is 2. The predicted octanol–water partition coefficient (Wildman–Crippen LogP) is 1.53. The number of esters is 1. The summed E-state index contributed by atoms with van der Waals surface area (Å²) in [6.45, 7) is 2.52. The molecule has 19 heavy (non-hydrogen) atoms. The third-order valence-electron chi connectivity index (χ3n) is 3.33. The summed E-state index contributed by atoms with van der Waals surface area (Å²) < 4.78 is 4.76.